The lowest BCUT2D eigenvalue weighted by atomic mass is 10.2. The van der Waals surface area contributed by atoms with Gasteiger partial charge in [0.1, 0.15) is 0 Å². The minimum Gasteiger partial charge on any atom is -0.378 e. The van der Waals surface area contributed by atoms with Gasteiger partial charge in [-0.15, -0.1) is 10.2 Å². The van der Waals surface area contributed by atoms with E-state index in [0.717, 1.165) is 12.1 Å². The van der Waals surface area contributed by atoms with E-state index in [1.807, 2.05) is 0 Å². The smallest absolute Gasteiger partial charge is 0.378 e. The molecule has 0 aliphatic rings. The predicted octanol–water partition coefficient (Wildman–Crippen LogP) is 1.83. The number of anilines is 1. The van der Waals surface area contributed by atoms with Crippen LogP contribution in [0.4, 0.5) is 18.9 Å². The summed E-state index contributed by atoms with van der Waals surface area (Å²) in [5.74, 6) is 0.435. The number of benzene rings is 1. The van der Waals surface area contributed by atoms with E-state index in [1.54, 1.807) is 0 Å². The Morgan fingerprint density at radius 1 is 1.18 bits per heavy atom. The topological polar surface area (TPSA) is 66.5 Å². The van der Waals surface area contributed by atoms with Crippen molar-refractivity contribution in [2.24, 2.45) is 0 Å². The lowest BCUT2D eigenvalue weighted by Crippen LogP contribution is -2.05. The molecule has 2 N–H and O–H groups in total. The maximum atomic E-state index is 12.3. The molecule has 17 heavy (non-hydrogen) atoms. The summed E-state index contributed by atoms with van der Waals surface area (Å²) in [6.07, 6.45) is -4.31. The number of rotatable bonds is 3. The normalized spacial score (nSPS) is 11.5. The number of aromatic amines is 1. The maximum absolute atomic E-state index is 12.3. The van der Waals surface area contributed by atoms with Crippen LogP contribution < -0.4 is 5.32 Å². The molecular formula is C9H8F3N5. The van der Waals surface area contributed by atoms with Gasteiger partial charge in [-0.1, -0.05) is 5.21 Å². The number of nitrogens with zero attached hydrogens (tertiary/aromatic N) is 3. The molecule has 0 amide bonds. The van der Waals surface area contributed by atoms with Gasteiger partial charge in [0.2, 0.25) is 0 Å². The van der Waals surface area contributed by atoms with E-state index < -0.39 is 11.7 Å². The Kier molecular flexibility index (Phi) is 2.94. The molecule has 2 rings (SSSR count). The van der Waals surface area contributed by atoms with E-state index in [2.05, 4.69) is 25.9 Å². The third kappa shape index (κ3) is 2.92. The highest BCUT2D eigenvalue weighted by molar-refractivity contribution is 5.45. The fraction of sp³-hybridized carbons (Fsp3) is 0.222. The van der Waals surface area contributed by atoms with Crippen LogP contribution in [-0.4, -0.2) is 20.6 Å². The third-order valence-electron chi connectivity index (χ3n) is 2.05. The second kappa shape index (κ2) is 4.40. The number of H-pyrrole nitrogens is 1. The van der Waals surface area contributed by atoms with E-state index >= 15 is 0 Å². The lowest BCUT2D eigenvalue weighted by molar-refractivity contribution is -0.137. The Balaban J connectivity index is 1.99. The van der Waals surface area contributed by atoms with Gasteiger partial charge in [0.15, 0.2) is 5.82 Å². The summed E-state index contributed by atoms with van der Waals surface area (Å²) >= 11 is 0. The van der Waals surface area contributed by atoms with Crippen LogP contribution in [0.15, 0.2) is 24.3 Å². The van der Waals surface area contributed by atoms with Gasteiger partial charge in [0, 0.05) is 5.69 Å². The van der Waals surface area contributed by atoms with E-state index in [9.17, 15) is 13.2 Å². The largest absolute Gasteiger partial charge is 0.416 e. The van der Waals surface area contributed by atoms with Crippen molar-refractivity contribution in [3.8, 4) is 0 Å². The Hall–Kier alpha value is -2.12. The summed E-state index contributed by atoms with van der Waals surface area (Å²) in [5.41, 5.74) is -0.120. The van der Waals surface area contributed by atoms with E-state index in [-0.39, 0.29) is 0 Å². The number of nitrogens with one attached hydrogen (secondary N) is 2. The number of aromatic nitrogens is 4. The zero-order chi connectivity index (χ0) is 12.3. The van der Waals surface area contributed by atoms with E-state index in [1.165, 1.54) is 12.1 Å². The van der Waals surface area contributed by atoms with Crippen molar-refractivity contribution < 1.29 is 13.2 Å². The summed E-state index contributed by atoms with van der Waals surface area (Å²) < 4.78 is 36.8. The highest BCUT2D eigenvalue weighted by Gasteiger charge is 2.29. The Morgan fingerprint density at radius 3 is 2.41 bits per heavy atom. The van der Waals surface area contributed by atoms with Crippen molar-refractivity contribution in [3.63, 3.8) is 0 Å². The quantitative estimate of drug-likeness (QED) is 0.863. The summed E-state index contributed by atoms with van der Waals surface area (Å²) in [5, 5.41) is 15.9. The molecular weight excluding hydrogens is 235 g/mol. The SMILES string of the molecule is FC(F)(F)c1ccc(NCc2nn[nH]n2)cc1. The first kappa shape index (κ1) is 11.4. The molecule has 1 aromatic heterocycles. The third-order valence-corrected chi connectivity index (χ3v) is 2.05. The molecule has 0 saturated carbocycles. The molecule has 1 aromatic carbocycles. The van der Waals surface area contributed by atoms with Crippen molar-refractivity contribution in [2.45, 2.75) is 12.7 Å². The van der Waals surface area contributed by atoms with E-state index in [0.29, 0.717) is 18.1 Å². The van der Waals surface area contributed by atoms with Gasteiger partial charge in [-0.05, 0) is 24.3 Å². The van der Waals surface area contributed by atoms with Crippen LogP contribution in [0.5, 0.6) is 0 Å². The number of halogens is 3. The molecule has 5 nitrogen and oxygen atoms in total. The molecule has 8 heteroatoms. The molecule has 0 bridgehead atoms. The fourth-order valence-electron chi connectivity index (χ4n) is 1.22. The Morgan fingerprint density at radius 2 is 1.88 bits per heavy atom. The molecule has 0 atom stereocenters. The van der Waals surface area contributed by atoms with Crippen molar-refractivity contribution in [1.82, 2.24) is 20.6 Å². The van der Waals surface area contributed by atoms with Crippen LogP contribution in [-0.2, 0) is 12.7 Å². The average Bonchev–Trinajstić information content (AvgIpc) is 2.78. The fourth-order valence-corrected chi connectivity index (χ4v) is 1.22. The van der Waals surface area contributed by atoms with Gasteiger partial charge >= 0.3 is 6.18 Å². The number of hydrogen-bond acceptors (Lipinski definition) is 4. The molecule has 0 aliphatic carbocycles. The highest BCUT2D eigenvalue weighted by Crippen LogP contribution is 2.29. The molecule has 0 saturated heterocycles. The predicted molar refractivity (Wildman–Crippen MR) is 52.9 cm³/mol. The summed E-state index contributed by atoms with van der Waals surface area (Å²) in [4.78, 5) is 0. The second-order valence-corrected chi connectivity index (χ2v) is 3.26. The Labute approximate surface area is 94.0 Å². The van der Waals surface area contributed by atoms with Crippen molar-refractivity contribution in [2.75, 3.05) is 5.32 Å². The number of alkyl halides is 3. The minimum atomic E-state index is -4.31. The molecule has 1 heterocycles. The Bertz CT molecular complexity index is 462. The highest BCUT2D eigenvalue weighted by atomic mass is 19.4. The molecule has 90 valence electrons. The van der Waals surface area contributed by atoms with Crippen LogP contribution >= 0.6 is 0 Å². The summed E-state index contributed by atoms with van der Waals surface area (Å²) in [6, 6.07) is 4.73. The summed E-state index contributed by atoms with van der Waals surface area (Å²) in [6.45, 7) is 0.294. The maximum Gasteiger partial charge on any atom is 0.416 e. The van der Waals surface area contributed by atoms with Gasteiger partial charge in [0.05, 0.1) is 12.1 Å². The molecule has 0 fully saturated rings. The number of tetrazole rings is 1. The first-order valence-corrected chi connectivity index (χ1v) is 4.69. The molecule has 0 radical (unpaired) electrons. The van der Waals surface area contributed by atoms with Gasteiger partial charge < -0.3 is 5.32 Å². The second-order valence-electron chi connectivity index (χ2n) is 3.26. The van der Waals surface area contributed by atoms with Crippen molar-refractivity contribution in [3.05, 3.63) is 35.7 Å². The van der Waals surface area contributed by atoms with Crippen LogP contribution in [0, 0.1) is 0 Å². The van der Waals surface area contributed by atoms with Gasteiger partial charge in [0.25, 0.3) is 0 Å². The van der Waals surface area contributed by atoms with Crippen LogP contribution in [0.1, 0.15) is 11.4 Å². The first-order valence-electron chi connectivity index (χ1n) is 4.69. The van der Waals surface area contributed by atoms with Crippen molar-refractivity contribution in [1.29, 1.82) is 0 Å². The van der Waals surface area contributed by atoms with Gasteiger partial charge in [-0.25, -0.2) is 0 Å². The number of hydrogen-bond donors (Lipinski definition) is 2. The summed E-state index contributed by atoms with van der Waals surface area (Å²) in [7, 11) is 0. The zero-order valence-corrected chi connectivity index (χ0v) is 8.49. The zero-order valence-electron chi connectivity index (χ0n) is 8.49. The molecule has 0 spiro atoms. The van der Waals surface area contributed by atoms with E-state index in [4.69, 9.17) is 0 Å². The average molecular weight is 243 g/mol. The standard InChI is InChI=1S/C9H8F3N5/c10-9(11,12)6-1-3-7(4-2-6)13-5-8-14-16-17-15-8/h1-4,13H,5H2,(H,14,15,16,17). The lowest BCUT2D eigenvalue weighted by Gasteiger charge is -2.08. The monoisotopic (exact) mass is 243 g/mol. The van der Waals surface area contributed by atoms with Crippen LogP contribution in [0.2, 0.25) is 0 Å². The van der Waals surface area contributed by atoms with Crippen LogP contribution in [0.25, 0.3) is 0 Å². The van der Waals surface area contributed by atoms with Crippen molar-refractivity contribution >= 4 is 5.69 Å². The molecule has 0 aliphatic heterocycles. The first-order chi connectivity index (χ1) is 8.05. The molecule has 0 unspecified atom stereocenters. The molecule has 2 aromatic rings. The van der Waals surface area contributed by atoms with Crippen LogP contribution in [0.3, 0.4) is 0 Å². The minimum absolute atomic E-state index is 0.294. The van der Waals surface area contributed by atoms with Gasteiger partial charge in [-0.2, -0.15) is 18.4 Å². The van der Waals surface area contributed by atoms with Gasteiger partial charge in [-0.3, -0.25) is 0 Å².